The highest BCUT2D eigenvalue weighted by Gasteiger charge is 2.24. The summed E-state index contributed by atoms with van der Waals surface area (Å²) < 4.78 is 5.39. The van der Waals surface area contributed by atoms with Crippen LogP contribution in [-0.2, 0) is 4.74 Å². The standard InChI is InChI=1S/C10H20N2O/c1-4-9-7-13-6-5-12(9)10(11)8(2)3/h8-9,11H,4-7H2,1-3H3. The average molecular weight is 184 g/mol. The van der Waals surface area contributed by atoms with Crippen molar-refractivity contribution in [2.24, 2.45) is 5.92 Å². The third-order valence-corrected chi connectivity index (χ3v) is 2.56. The predicted molar refractivity (Wildman–Crippen MR) is 54.2 cm³/mol. The van der Waals surface area contributed by atoms with Crippen LogP contribution in [0.5, 0.6) is 0 Å². The fraction of sp³-hybridized carbons (Fsp3) is 0.900. The van der Waals surface area contributed by atoms with Crippen molar-refractivity contribution in [3.05, 3.63) is 0 Å². The van der Waals surface area contributed by atoms with Crippen LogP contribution in [-0.4, -0.2) is 36.5 Å². The Morgan fingerprint density at radius 3 is 2.85 bits per heavy atom. The number of hydrogen-bond acceptors (Lipinski definition) is 2. The van der Waals surface area contributed by atoms with E-state index in [4.69, 9.17) is 10.1 Å². The lowest BCUT2D eigenvalue weighted by atomic mass is 10.1. The van der Waals surface area contributed by atoms with Gasteiger partial charge in [0.2, 0.25) is 0 Å². The molecule has 1 heterocycles. The fourth-order valence-electron chi connectivity index (χ4n) is 1.64. The van der Waals surface area contributed by atoms with Crippen molar-refractivity contribution in [3.8, 4) is 0 Å². The summed E-state index contributed by atoms with van der Waals surface area (Å²) in [6, 6.07) is 0.420. The molecule has 0 radical (unpaired) electrons. The smallest absolute Gasteiger partial charge is 0.0987 e. The Hall–Kier alpha value is -0.570. The lowest BCUT2D eigenvalue weighted by Crippen LogP contribution is -2.49. The molecule has 1 saturated heterocycles. The van der Waals surface area contributed by atoms with Gasteiger partial charge in [-0.3, -0.25) is 5.41 Å². The van der Waals surface area contributed by atoms with E-state index in [1.165, 1.54) is 0 Å². The highest BCUT2D eigenvalue weighted by atomic mass is 16.5. The van der Waals surface area contributed by atoms with Crippen LogP contribution in [0.1, 0.15) is 27.2 Å². The van der Waals surface area contributed by atoms with Crippen LogP contribution in [0.2, 0.25) is 0 Å². The van der Waals surface area contributed by atoms with Crippen LogP contribution in [0.3, 0.4) is 0 Å². The Labute approximate surface area is 80.6 Å². The highest BCUT2D eigenvalue weighted by molar-refractivity contribution is 5.81. The lowest BCUT2D eigenvalue weighted by Gasteiger charge is -2.38. The molecule has 0 bridgehead atoms. The SMILES string of the molecule is CCC1COCCN1C(=N)C(C)C. The molecule has 1 fully saturated rings. The van der Waals surface area contributed by atoms with Crippen LogP contribution in [0.25, 0.3) is 0 Å². The molecule has 3 heteroatoms. The monoisotopic (exact) mass is 184 g/mol. The second kappa shape index (κ2) is 4.61. The summed E-state index contributed by atoms with van der Waals surface area (Å²) in [6.45, 7) is 8.74. The molecule has 13 heavy (non-hydrogen) atoms. The molecule has 1 unspecified atom stereocenters. The van der Waals surface area contributed by atoms with Gasteiger partial charge in [0, 0.05) is 12.5 Å². The maximum Gasteiger partial charge on any atom is 0.0987 e. The molecule has 76 valence electrons. The van der Waals surface area contributed by atoms with E-state index in [1.54, 1.807) is 0 Å². The van der Waals surface area contributed by atoms with Gasteiger partial charge in [0.15, 0.2) is 0 Å². The van der Waals surface area contributed by atoms with Gasteiger partial charge < -0.3 is 9.64 Å². The first kappa shape index (κ1) is 10.5. The van der Waals surface area contributed by atoms with Gasteiger partial charge in [-0.05, 0) is 6.42 Å². The first-order valence-electron chi connectivity index (χ1n) is 5.09. The zero-order valence-corrected chi connectivity index (χ0v) is 8.84. The van der Waals surface area contributed by atoms with Crippen molar-refractivity contribution >= 4 is 5.84 Å². The van der Waals surface area contributed by atoms with Crippen molar-refractivity contribution in [2.75, 3.05) is 19.8 Å². The molecule has 1 rings (SSSR count). The van der Waals surface area contributed by atoms with Crippen LogP contribution in [0.4, 0.5) is 0 Å². The maximum absolute atomic E-state index is 7.94. The molecule has 0 amide bonds. The summed E-state index contributed by atoms with van der Waals surface area (Å²) in [5.74, 6) is 1.09. The van der Waals surface area contributed by atoms with Gasteiger partial charge in [-0.15, -0.1) is 0 Å². The zero-order chi connectivity index (χ0) is 9.84. The van der Waals surface area contributed by atoms with Crippen LogP contribution in [0, 0.1) is 11.3 Å². The van der Waals surface area contributed by atoms with E-state index < -0.39 is 0 Å². The van der Waals surface area contributed by atoms with Gasteiger partial charge in [-0.1, -0.05) is 20.8 Å². The molecule has 0 aromatic rings. The number of ether oxygens (including phenoxy) is 1. The predicted octanol–water partition coefficient (Wildman–Crippen LogP) is 1.73. The second-order valence-corrected chi connectivity index (χ2v) is 3.87. The summed E-state index contributed by atoms with van der Waals surface area (Å²) in [5.41, 5.74) is 0. The molecule has 1 aliphatic heterocycles. The largest absolute Gasteiger partial charge is 0.377 e. The number of amidine groups is 1. The molecule has 1 aliphatic rings. The van der Waals surface area contributed by atoms with Gasteiger partial charge in [0.25, 0.3) is 0 Å². The first-order valence-corrected chi connectivity index (χ1v) is 5.09. The number of nitrogens with one attached hydrogen (secondary N) is 1. The Kier molecular flexibility index (Phi) is 3.72. The Balaban J connectivity index is 2.58. The first-order chi connectivity index (χ1) is 6.16. The summed E-state index contributed by atoms with van der Waals surface area (Å²) >= 11 is 0. The highest BCUT2D eigenvalue weighted by Crippen LogP contribution is 2.13. The van der Waals surface area contributed by atoms with Gasteiger partial charge in [0.05, 0.1) is 25.1 Å². The van der Waals surface area contributed by atoms with Crippen LogP contribution in [0.15, 0.2) is 0 Å². The van der Waals surface area contributed by atoms with Crippen molar-refractivity contribution in [3.63, 3.8) is 0 Å². The molecule has 1 atom stereocenters. The Bertz CT molecular complexity index is 180. The molecule has 0 aliphatic carbocycles. The minimum atomic E-state index is 0.326. The molecule has 0 saturated carbocycles. The molecule has 0 aromatic carbocycles. The Morgan fingerprint density at radius 2 is 2.31 bits per heavy atom. The van der Waals surface area contributed by atoms with E-state index in [9.17, 15) is 0 Å². The van der Waals surface area contributed by atoms with Crippen LogP contribution < -0.4 is 0 Å². The molecular weight excluding hydrogens is 164 g/mol. The van der Waals surface area contributed by atoms with E-state index in [2.05, 4.69) is 25.7 Å². The number of hydrogen-bond donors (Lipinski definition) is 1. The van der Waals surface area contributed by atoms with E-state index in [0.717, 1.165) is 32.0 Å². The van der Waals surface area contributed by atoms with Crippen molar-refractivity contribution in [2.45, 2.75) is 33.2 Å². The minimum absolute atomic E-state index is 0.326. The van der Waals surface area contributed by atoms with Crippen LogP contribution >= 0.6 is 0 Å². The van der Waals surface area contributed by atoms with Gasteiger partial charge >= 0.3 is 0 Å². The van der Waals surface area contributed by atoms with Crippen molar-refractivity contribution < 1.29 is 4.74 Å². The quantitative estimate of drug-likeness (QED) is 0.524. The van der Waals surface area contributed by atoms with E-state index in [-0.39, 0.29) is 0 Å². The van der Waals surface area contributed by atoms with E-state index in [0.29, 0.717) is 12.0 Å². The fourth-order valence-corrected chi connectivity index (χ4v) is 1.64. The summed E-state index contributed by atoms with van der Waals surface area (Å²) in [7, 11) is 0. The summed E-state index contributed by atoms with van der Waals surface area (Å²) in [4.78, 5) is 2.19. The summed E-state index contributed by atoms with van der Waals surface area (Å²) in [6.07, 6.45) is 1.06. The average Bonchev–Trinajstić information content (AvgIpc) is 2.16. The van der Waals surface area contributed by atoms with Gasteiger partial charge in [-0.25, -0.2) is 0 Å². The van der Waals surface area contributed by atoms with E-state index >= 15 is 0 Å². The molecule has 0 aromatic heterocycles. The Morgan fingerprint density at radius 1 is 1.62 bits per heavy atom. The summed E-state index contributed by atoms with van der Waals surface area (Å²) in [5, 5.41) is 7.94. The lowest BCUT2D eigenvalue weighted by molar-refractivity contribution is 0.0229. The molecule has 1 N–H and O–H groups in total. The van der Waals surface area contributed by atoms with E-state index in [1.807, 2.05) is 0 Å². The van der Waals surface area contributed by atoms with Gasteiger partial charge in [0.1, 0.15) is 0 Å². The van der Waals surface area contributed by atoms with Gasteiger partial charge in [-0.2, -0.15) is 0 Å². The molecule has 3 nitrogen and oxygen atoms in total. The molecule has 0 spiro atoms. The van der Waals surface area contributed by atoms with Crippen molar-refractivity contribution in [1.82, 2.24) is 4.90 Å². The number of nitrogens with zero attached hydrogens (tertiary/aromatic N) is 1. The zero-order valence-electron chi connectivity index (χ0n) is 8.84. The topological polar surface area (TPSA) is 36.3 Å². The van der Waals surface area contributed by atoms with Crippen molar-refractivity contribution in [1.29, 1.82) is 5.41 Å². The minimum Gasteiger partial charge on any atom is -0.377 e. The normalized spacial score (nSPS) is 23.7. The third-order valence-electron chi connectivity index (χ3n) is 2.56. The maximum atomic E-state index is 7.94. The number of morpholine rings is 1. The third kappa shape index (κ3) is 2.44. The molecular formula is C10H20N2O. The number of rotatable bonds is 2. The second-order valence-electron chi connectivity index (χ2n) is 3.87.